The maximum absolute atomic E-state index is 14.0. The van der Waals surface area contributed by atoms with Crippen LogP contribution in [-0.2, 0) is 47.9 Å². The Balaban J connectivity index is 2.06. The van der Waals surface area contributed by atoms with Gasteiger partial charge >= 0.3 is 6.03 Å². The largest absolute Gasteiger partial charge is 0.368 e. The number of rotatable bonds is 30. The van der Waals surface area contributed by atoms with Crippen LogP contribution in [0.15, 0.2) is 0 Å². The van der Waals surface area contributed by atoms with Crippen LogP contribution in [0.5, 0.6) is 0 Å². The van der Waals surface area contributed by atoms with Gasteiger partial charge in [-0.2, -0.15) is 11.8 Å². The Morgan fingerprint density at radius 2 is 1.17 bits per heavy atom. The fraction of sp³-hybridized carbons (Fsp3) is 0.756. The van der Waals surface area contributed by atoms with Crippen molar-refractivity contribution >= 4 is 76.9 Å². The molecule has 0 spiro atoms. The van der Waals surface area contributed by atoms with Crippen molar-refractivity contribution in [1.29, 1.82) is 0 Å². The molecule has 0 aromatic carbocycles. The number of urea groups is 1. The Morgan fingerprint density at radius 3 is 1.76 bits per heavy atom. The minimum Gasteiger partial charge on any atom is -0.368 e. The van der Waals surface area contributed by atoms with E-state index in [0.29, 0.717) is 25.8 Å². The van der Waals surface area contributed by atoms with Crippen LogP contribution in [0.3, 0.4) is 0 Å². The summed E-state index contributed by atoms with van der Waals surface area (Å²) in [5.74, 6) is -4.04. The van der Waals surface area contributed by atoms with E-state index in [1.54, 1.807) is 18.8 Å². The molecule has 2 fully saturated rings. The maximum atomic E-state index is 14.0. The number of nitrogens with two attached hydrogens (primary N) is 2. The van der Waals surface area contributed by atoms with Gasteiger partial charge < -0.3 is 66.6 Å². The molecule has 0 aromatic heterocycles. The Morgan fingerprint density at radius 1 is 0.629 bits per heavy atom. The molecule has 2 aliphatic rings. The van der Waals surface area contributed by atoms with Crippen LogP contribution in [0.4, 0.5) is 4.79 Å². The van der Waals surface area contributed by atoms with E-state index in [1.807, 2.05) is 0 Å². The molecule has 70 heavy (non-hydrogen) atoms. The highest BCUT2D eigenvalue weighted by atomic mass is 32.2. The second-order valence-electron chi connectivity index (χ2n) is 18.1. The predicted octanol–water partition coefficient (Wildman–Crippen LogP) is -2.57. The van der Waals surface area contributed by atoms with Gasteiger partial charge in [0.25, 0.3) is 0 Å². The number of fused-ring (bicyclic) bond motifs is 1. The van der Waals surface area contributed by atoms with E-state index in [4.69, 9.17) is 11.5 Å². The van der Waals surface area contributed by atoms with E-state index in [-0.39, 0.29) is 99.7 Å². The number of carbonyl (C=O) groups excluding carboxylic acids is 11. The van der Waals surface area contributed by atoms with Crippen LogP contribution < -0.4 is 27.4 Å². The molecule has 0 radical (unpaired) electrons. The first-order chi connectivity index (χ1) is 32.8. The normalized spacial score (nSPS) is 17.1. The average molecular weight is 1010 g/mol. The molecule has 0 aromatic rings. The predicted molar refractivity (Wildman–Crippen MR) is 262 cm³/mol. The lowest BCUT2D eigenvalue weighted by molar-refractivity contribution is -0.152. The number of hydrogen-bond acceptors (Lipinski definition) is 13. The van der Waals surface area contributed by atoms with Crippen LogP contribution >= 0.6 is 11.8 Å². The number of hydrogen-bond donors (Lipinski definition) is 5. The summed E-state index contributed by atoms with van der Waals surface area (Å²) in [6, 6.07) is -3.26. The molecule has 24 nitrogen and oxygen atoms in total. The minimum atomic E-state index is -1.14. The molecule has 12 amide bonds. The third-order valence-electron chi connectivity index (χ3n) is 13.0. The first-order valence-corrected chi connectivity index (χ1v) is 24.9. The van der Waals surface area contributed by atoms with Crippen molar-refractivity contribution in [1.82, 2.24) is 55.1 Å². The number of nitrogens with one attached hydrogen (secondary N) is 3. The first-order valence-electron chi connectivity index (χ1n) is 23.8. The van der Waals surface area contributed by atoms with Crippen molar-refractivity contribution in [3.05, 3.63) is 0 Å². The van der Waals surface area contributed by atoms with Crippen LogP contribution in [0.25, 0.3) is 0 Å². The fourth-order valence-electron chi connectivity index (χ4n) is 7.74. The van der Waals surface area contributed by atoms with E-state index >= 15 is 0 Å². The first kappa shape index (κ1) is 60.4. The van der Waals surface area contributed by atoms with E-state index in [0.717, 1.165) is 33.3 Å². The van der Waals surface area contributed by atoms with Crippen molar-refractivity contribution < 1.29 is 52.7 Å². The smallest absolute Gasteiger partial charge is 0.315 e. The summed E-state index contributed by atoms with van der Waals surface area (Å²) in [5.41, 5.74) is 11.1. The molecule has 0 aliphatic carbocycles. The number of primary amides is 1. The van der Waals surface area contributed by atoms with Crippen molar-refractivity contribution in [3.8, 4) is 0 Å². The van der Waals surface area contributed by atoms with E-state index < -0.39 is 72.6 Å². The Labute approximate surface area is 416 Å². The SMILES string of the molecule is CC(=O)N(C)CCCCN(CC(N)=O)C(=O)[C@H](C)N(C)C(=O)[C@H](C)N(C)C(=O)[C@H](C)N(C)C(=O)CN(CCN(C)C(C)=O)C(=O)CN(CCNC(=O)CCCC[C@H]1SCC2NC(=O)NC21)C(=O)CCN. The Bertz CT molecular complexity index is 1880. The molecule has 2 saturated heterocycles. The molecule has 396 valence electrons. The number of carbonyl (C=O) groups is 11. The average Bonchev–Trinajstić information content (AvgIpc) is 3.88. The van der Waals surface area contributed by atoms with E-state index in [1.165, 1.54) is 87.3 Å². The van der Waals surface area contributed by atoms with Gasteiger partial charge in [0.2, 0.25) is 59.1 Å². The third kappa shape index (κ3) is 18.9. The second-order valence-corrected chi connectivity index (χ2v) is 19.4. The van der Waals surface area contributed by atoms with Crippen molar-refractivity contribution in [2.24, 2.45) is 11.5 Å². The molecule has 6 atom stereocenters. The van der Waals surface area contributed by atoms with Gasteiger partial charge in [-0.3, -0.25) is 47.9 Å². The van der Waals surface area contributed by atoms with E-state index in [2.05, 4.69) is 16.0 Å². The van der Waals surface area contributed by atoms with Crippen molar-refractivity contribution in [3.63, 3.8) is 0 Å². The quantitative estimate of drug-likeness (QED) is 0.0366. The highest BCUT2D eigenvalue weighted by molar-refractivity contribution is 8.00. The lowest BCUT2D eigenvalue weighted by atomic mass is 10.0. The van der Waals surface area contributed by atoms with E-state index in [9.17, 15) is 52.7 Å². The molecule has 0 bridgehead atoms. The van der Waals surface area contributed by atoms with Gasteiger partial charge in [-0.15, -0.1) is 0 Å². The number of thioether (sulfide) groups is 1. The van der Waals surface area contributed by atoms with Crippen LogP contribution in [0.1, 0.15) is 79.6 Å². The van der Waals surface area contributed by atoms with Crippen LogP contribution in [0, 0.1) is 0 Å². The summed E-state index contributed by atoms with van der Waals surface area (Å²) in [4.78, 5) is 152. The summed E-state index contributed by atoms with van der Waals surface area (Å²) in [7, 11) is 7.31. The van der Waals surface area contributed by atoms with Gasteiger partial charge in [0.15, 0.2) is 0 Å². The minimum absolute atomic E-state index is 0.00356. The molecular formula is C45H79N13O11S. The molecule has 2 unspecified atom stereocenters. The van der Waals surface area contributed by atoms with Gasteiger partial charge in [0, 0.05) is 119 Å². The summed E-state index contributed by atoms with van der Waals surface area (Å²) in [6.45, 7) is 6.37. The zero-order valence-electron chi connectivity index (χ0n) is 42.8. The fourth-order valence-corrected chi connectivity index (χ4v) is 9.28. The highest BCUT2D eigenvalue weighted by Gasteiger charge is 2.42. The topological polar surface area (TPSA) is 302 Å². The van der Waals surface area contributed by atoms with Crippen molar-refractivity contribution in [2.75, 3.05) is 106 Å². The molecule has 0 saturated carbocycles. The maximum Gasteiger partial charge on any atom is 0.315 e. The summed E-state index contributed by atoms with van der Waals surface area (Å²) in [5, 5.41) is 8.96. The third-order valence-corrected chi connectivity index (χ3v) is 14.5. The summed E-state index contributed by atoms with van der Waals surface area (Å²) >= 11 is 1.80. The summed E-state index contributed by atoms with van der Waals surface area (Å²) in [6.07, 6.45) is 3.45. The number of nitrogens with zero attached hydrogens (tertiary/aromatic N) is 8. The highest BCUT2D eigenvalue weighted by Crippen LogP contribution is 2.33. The monoisotopic (exact) mass is 1010 g/mol. The number of unbranched alkanes of at least 4 members (excludes halogenated alkanes) is 2. The molecular weight excluding hydrogens is 931 g/mol. The van der Waals surface area contributed by atoms with Gasteiger partial charge in [-0.25, -0.2) is 4.79 Å². The van der Waals surface area contributed by atoms with Gasteiger partial charge in [0.1, 0.15) is 18.1 Å². The molecule has 2 aliphatic heterocycles. The Hall–Kier alpha value is -5.72. The summed E-state index contributed by atoms with van der Waals surface area (Å²) < 4.78 is 0. The van der Waals surface area contributed by atoms with Crippen molar-refractivity contribution in [2.45, 2.75) is 115 Å². The van der Waals surface area contributed by atoms with Crippen LogP contribution in [0.2, 0.25) is 0 Å². The number of likely N-dealkylation sites (N-methyl/N-ethyl adjacent to an activating group) is 4. The standard InChI is InChI=1S/C45H79N13O11S/c1-29(42(66)54(9)30(2)43(67)55(10)31(3)44(68)58(25-36(47)61)21-14-13-20-51(6)32(4)59)53(8)39(64)26-57(24-23-52(7)33(5)60)40(65)27-56(38(63)17-18-46)22-19-48-37(62)16-12-11-15-35-41-34(28-70-35)49-45(69)50-41/h29-31,34-35,41H,11-28,46H2,1-10H3,(H2,47,61)(H,48,62)(H2,49,50,69)/t29-,30-,31-,34?,35+,41?/m0/s1. The van der Waals surface area contributed by atoms with Gasteiger partial charge in [0.05, 0.1) is 31.7 Å². The lowest BCUT2D eigenvalue weighted by Gasteiger charge is -2.36. The Kier molecular flexibility index (Phi) is 25.4. The zero-order chi connectivity index (χ0) is 53.0. The van der Waals surface area contributed by atoms with Gasteiger partial charge in [-0.05, 0) is 46.5 Å². The molecule has 7 N–H and O–H groups in total. The molecule has 2 heterocycles. The lowest BCUT2D eigenvalue weighted by Crippen LogP contribution is -2.57. The molecule has 2 rings (SSSR count). The van der Waals surface area contributed by atoms with Gasteiger partial charge in [-0.1, -0.05) is 6.42 Å². The second kappa shape index (κ2) is 29.5. The van der Waals surface area contributed by atoms with Crippen LogP contribution in [-0.4, -0.2) is 246 Å². The zero-order valence-corrected chi connectivity index (χ0v) is 43.6. The molecule has 25 heteroatoms. The number of amides is 12.